The Balaban J connectivity index is 1.45. The smallest absolute Gasteiger partial charge is 0.399 e. The van der Waals surface area contributed by atoms with E-state index < -0.39 is 0 Å². The van der Waals surface area contributed by atoms with Gasteiger partial charge in [-0.1, -0.05) is 97.1 Å². The first-order valence-corrected chi connectivity index (χ1v) is 12.6. The average Bonchev–Trinajstić information content (AvgIpc) is 3.10. The average molecular weight is 456 g/mol. The molecule has 1 fully saturated rings. The first-order valence-electron chi connectivity index (χ1n) is 12.6. The molecule has 2 bridgehead atoms. The molecule has 0 N–H and O–H groups in total. The standard InChI is InChI=1S/C32H29BO2/c1-30(2)31(3,4)35-33(34-30)22-19-17-21(18-20-22)32-26-14-8-5-11-23(26)29(24-12-6-9-15-27(24)32)25-13-7-10-16-28(25)32/h5-20,29H,1-4H3. The van der Waals surface area contributed by atoms with Gasteiger partial charge in [0.15, 0.2) is 0 Å². The highest BCUT2D eigenvalue weighted by Gasteiger charge is 2.54. The summed E-state index contributed by atoms with van der Waals surface area (Å²) in [5, 5.41) is 0. The maximum atomic E-state index is 6.34. The molecule has 1 aliphatic heterocycles. The molecule has 8 rings (SSSR count). The fourth-order valence-corrected chi connectivity index (χ4v) is 6.54. The molecular formula is C32H29BO2. The summed E-state index contributed by atoms with van der Waals surface area (Å²) in [4.78, 5) is 0. The van der Waals surface area contributed by atoms with Crippen molar-refractivity contribution in [2.75, 3.05) is 0 Å². The normalized spacial score (nSPS) is 24.6. The van der Waals surface area contributed by atoms with Crippen molar-refractivity contribution in [1.29, 1.82) is 0 Å². The molecule has 1 saturated heterocycles. The van der Waals surface area contributed by atoms with Crippen LogP contribution in [0, 0.1) is 0 Å². The molecule has 3 heteroatoms. The summed E-state index contributed by atoms with van der Waals surface area (Å²) in [6.45, 7) is 8.41. The van der Waals surface area contributed by atoms with Crippen LogP contribution < -0.4 is 5.46 Å². The summed E-state index contributed by atoms with van der Waals surface area (Å²) >= 11 is 0. The molecule has 3 aliphatic carbocycles. The highest BCUT2D eigenvalue weighted by atomic mass is 16.7. The van der Waals surface area contributed by atoms with E-state index >= 15 is 0 Å². The lowest BCUT2D eigenvalue weighted by Crippen LogP contribution is -2.43. The maximum absolute atomic E-state index is 6.34. The van der Waals surface area contributed by atoms with Gasteiger partial charge in [0.05, 0.1) is 16.6 Å². The van der Waals surface area contributed by atoms with Crippen molar-refractivity contribution >= 4 is 12.6 Å². The summed E-state index contributed by atoms with van der Waals surface area (Å²) in [5.41, 5.74) is 9.72. The van der Waals surface area contributed by atoms with Crippen LogP contribution in [-0.4, -0.2) is 18.3 Å². The predicted molar refractivity (Wildman–Crippen MR) is 141 cm³/mol. The van der Waals surface area contributed by atoms with Gasteiger partial charge < -0.3 is 9.31 Å². The molecular weight excluding hydrogens is 427 g/mol. The van der Waals surface area contributed by atoms with Gasteiger partial charge in [-0.3, -0.25) is 0 Å². The van der Waals surface area contributed by atoms with Crippen LogP contribution in [0.25, 0.3) is 0 Å². The quantitative estimate of drug-likeness (QED) is 0.290. The van der Waals surface area contributed by atoms with Crippen LogP contribution >= 0.6 is 0 Å². The SMILES string of the molecule is CC1(C)OB(c2ccc(C34c5ccccc5C(c5ccccc53)c3ccccc34)cc2)OC1(C)C. The van der Waals surface area contributed by atoms with E-state index in [1.54, 1.807) is 0 Å². The molecule has 35 heavy (non-hydrogen) atoms. The fraction of sp³-hybridized carbons (Fsp3) is 0.250. The number of rotatable bonds is 2. The molecule has 0 spiro atoms. The van der Waals surface area contributed by atoms with Crippen LogP contribution in [0.2, 0.25) is 0 Å². The molecule has 0 atom stereocenters. The third-order valence-electron chi connectivity index (χ3n) is 8.90. The van der Waals surface area contributed by atoms with E-state index in [0.29, 0.717) is 0 Å². The zero-order chi connectivity index (χ0) is 24.0. The molecule has 4 aromatic rings. The van der Waals surface area contributed by atoms with Gasteiger partial charge in [-0.25, -0.2) is 0 Å². The van der Waals surface area contributed by atoms with Crippen molar-refractivity contribution < 1.29 is 9.31 Å². The van der Waals surface area contributed by atoms with Crippen LogP contribution in [0.5, 0.6) is 0 Å². The monoisotopic (exact) mass is 456 g/mol. The zero-order valence-electron chi connectivity index (χ0n) is 20.7. The minimum atomic E-state index is -0.361. The van der Waals surface area contributed by atoms with Crippen molar-refractivity contribution in [3.63, 3.8) is 0 Å². The van der Waals surface area contributed by atoms with Crippen molar-refractivity contribution in [1.82, 2.24) is 0 Å². The van der Waals surface area contributed by atoms with Crippen molar-refractivity contribution in [2.24, 2.45) is 0 Å². The van der Waals surface area contributed by atoms with E-state index in [1.165, 1.54) is 38.9 Å². The number of benzene rings is 4. The number of hydrogen-bond acceptors (Lipinski definition) is 2. The maximum Gasteiger partial charge on any atom is 0.494 e. The molecule has 0 amide bonds. The Morgan fingerprint density at radius 2 is 0.943 bits per heavy atom. The molecule has 2 nitrogen and oxygen atoms in total. The third kappa shape index (κ3) is 2.63. The van der Waals surface area contributed by atoms with Crippen LogP contribution in [-0.2, 0) is 14.7 Å². The van der Waals surface area contributed by atoms with E-state index in [1.807, 2.05) is 0 Å². The predicted octanol–water partition coefficient (Wildman–Crippen LogP) is 6.18. The Morgan fingerprint density at radius 1 is 0.543 bits per heavy atom. The zero-order valence-corrected chi connectivity index (χ0v) is 20.7. The minimum absolute atomic E-state index is 0.282. The van der Waals surface area contributed by atoms with Crippen LogP contribution in [0.3, 0.4) is 0 Å². The Bertz CT molecular complexity index is 1340. The molecule has 0 radical (unpaired) electrons. The molecule has 4 aromatic carbocycles. The lowest BCUT2D eigenvalue weighted by atomic mass is 9.51. The van der Waals surface area contributed by atoms with Gasteiger partial charge >= 0.3 is 7.12 Å². The van der Waals surface area contributed by atoms with Crippen LogP contribution in [0.15, 0.2) is 97.1 Å². The van der Waals surface area contributed by atoms with Gasteiger partial charge in [-0.15, -0.1) is 0 Å². The molecule has 0 unspecified atom stereocenters. The van der Waals surface area contributed by atoms with E-state index in [4.69, 9.17) is 9.31 Å². The van der Waals surface area contributed by atoms with E-state index in [2.05, 4.69) is 125 Å². The topological polar surface area (TPSA) is 18.5 Å². The van der Waals surface area contributed by atoms with Gasteiger partial charge in [-0.05, 0) is 72.1 Å². The van der Waals surface area contributed by atoms with Crippen molar-refractivity contribution in [3.8, 4) is 0 Å². The molecule has 4 aliphatic rings. The van der Waals surface area contributed by atoms with E-state index in [9.17, 15) is 0 Å². The first kappa shape index (κ1) is 21.2. The third-order valence-corrected chi connectivity index (χ3v) is 8.90. The Hall–Kier alpha value is -3.14. The van der Waals surface area contributed by atoms with Gasteiger partial charge in [0.1, 0.15) is 0 Å². The second-order valence-electron chi connectivity index (χ2n) is 11.2. The van der Waals surface area contributed by atoms with Gasteiger partial charge in [-0.2, -0.15) is 0 Å². The lowest BCUT2D eigenvalue weighted by Gasteiger charge is -2.51. The second-order valence-corrected chi connectivity index (χ2v) is 11.2. The highest BCUT2D eigenvalue weighted by Crippen LogP contribution is 2.61. The van der Waals surface area contributed by atoms with Crippen LogP contribution in [0.4, 0.5) is 0 Å². The van der Waals surface area contributed by atoms with Gasteiger partial charge in [0, 0.05) is 5.92 Å². The fourth-order valence-electron chi connectivity index (χ4n) is 6.54. The highest BCUT2D eigenvalue weighted by molar-refractivity contribution is 6.62. The first-order chi connectivity index (χ1) is 16.8. The summed E-state index contributed by atoms with van der Waals surface area (Å²) in [5.74, 6) is 0.282. The van der Waals surface area contributed by atoms with Gasteiger partial charge in [0.2, 0.25) is 0 Å². The summed E-state index contributed by atoms with van der Waals surface area (Å²) in [6, 6.07) is 36.0. The summed E-state index contributed by atoms with van der Waals surface area (Å²) in [6.07, 6.45) is 0. The van der Waals surface area contributed by atoms with Gasteiger partial charge in [0.25, 0.3) is 0 Å². The summed E-state index contributed by atoms with van der Waals surface area (Å²) in [7, 11) is -0.361. The molecule has 0 saturated carbocycles. The van der Waals surface area contributed by atoms with E-state index in [0.717, 1.165) is 5.46 Å². The molecule has 172 valence electrons. The molecule has 1 heterocycles. The number of hydrogen-bond donors (Lipinski definition) is 0. The Labute approximate surface area is 208 Å². The Kier molecular flexibility index (Phi) is 4.21. The van der Waals surface area contributed by atoms with Crippen molar-refractivity contribution in [3.05, 3.63) is 136 Å². The second kappa shape index (κ2) is 6.97. The van der Waals surface area contributed by atoms with E-state index in [-0.39, 0.29) is 29.7 Å². The Morgan fingerprint density at radius 3 is 1.37 bits per heavy atom. The largest absolute Gasteiger partial charge is 0.494 e. The van der Waals surface area contributed by atoms with Crippen LogP contribution in [0.1, 0.15) is 72.6 Å². The molecule has 0 aromatic heterocycles. The lowest BCUT2D eigenvalue weighted by molar-refractivity contribution is 0.00578. The summed E-state index contributed by atoms with van der Waals surface area (Å²) < 4.78 is 12.7. The minimum Gasteiger partial charge on any atom is -0.399 e. The van der Waals surface area contributed by atoms with Crippen molar-refractivity contribution in [2.45, 2.75) is 50.2 Å².